The average Bonchev–Trinajstić information content (AvgIpc) is 3.25. The van der Waals surface area contributed by atoms with Crippen molar-refractivity contribution < 1.29 is 4.52 Å². The fourth-order valence-electron chi connectivity index (χ4n) is 3.27. The minimum atomic E-state index is -0.445. The van der Waals surface area contributed by atoms with Crippen LogP contribution in [0.1, 0.15) is 46.0 Å². The molecule has 0 saturated carbocycles. The molecular weight excluding hydrogens is 402 g/mol. The Balaban J connectivity index is 1.54. The van der Waals surface area contributed by atoms with Crippen molar-refractivity contribution >= 4 is 11.8 Å². The Labute approximate surface area is 187 Å². The van der Waals surface area contributed by atoms with Crippen molar-refractivity contribution in [2.75, 3.05) is 11.1 Å². The second-order valence-electron chi connectivity index (χ2n) is 9.26. The largest absolute Gasteiger partial charge is 0.368 e. The number of hydrogen-bond donors (Lipinski definition) is 2. The average molecular weight is 430 g/mol. The van der Waals surface area contributed by atoms with Crippen LogP contribution in [0.5, 0.6) is 0 Å². The summed E-state index contributed by atoms with van der Waals surface area (Å²) in [6.07, 6.45) is 5.16. The van der Waals surface area contributed by atoms with Crippen LogP contribution in [0, 0.1) is 0 Å². The van der Waals surface area contributed by atoms with Gasteiger partial charge in [-0.15, -0.1) is 0 Å². The molecule has 0 bridgehead atoms. The lowest BCUT2D eigenvalue weighted by molar-refractivity contribution is 0.408. The van der Waals surface area contributed by atoms with Crippen LogP contribution in [-0.4, -0.2) is 30.6 Å². The molecule has 1 aromatic carbocycles. The molecule has 0 radical (unpaired) electrons. The predicted molar refractivity (Wildman–Crippen MR) is 125 cm³/mol. The second kappa shape index (κ2) is 8.03. The second-order valence-corrected chi connectivity index (χ2v) is 9.26. The molecule has 0 aliphatic rings. The fourth-order valence-corrected chi connectivity index (χ4v) is 3.27. The maximum absolute atomic E-state index is 5.57. The number of aromatic nitrogens is 5. The summed E-state index contributed by atoms with van der Waals surface area (Å²) in [5, 5.41) is 7.59. The molecule has 32 heavy (non-hydrogen) atoms. The quantitative estimate of drug-likeness (QED) is 0.469. The topological polar surface area (TPSA) is 116 Å². The van der Waals surface area contributed by atoms with Gasteiger partial charge in [-0.25, -0.2) is 15.0 Å². The first kappa shape index (κ1) is 21.4. The van der Waals surface area contributed by atoms with Crippen LogP contribution < -0.4 is 11.1 Å². The summed E-state index contributed by atoms with van der Waals surface area (Å²) in [4.78, 5) is 17.2. The molecule has 3 heterocycles. The van der Waals surface area contributed by atoms with E-state index in [-0.39, 0.29) is 11.5 Å². The summed E-state index contributed by atoms with van der Waals surface area (Å²) >= 11 is 0. The van der Waals surface area contributed by atoms with E-state index in [2.05, 4.69) is 77.2 Å². The summed E-state index contributed by atoms with van der Waals surface area (Å²) in [6.45, 7) is 10.4. The van der Waals surface area contributed by atoms with E-state index < -0.39 is 5.41 Å². The van der Waals surface area contributed by atoms with E-state index in [4.69, 9.17) is 10.3 Å². The highest BCUT2D eigenvalue weighted by Crippen LogP contribution is 2.32. The molecule has 0 aliphatic carbocycles. The molecule has 3 aromatic heterocycles. The zero-order valence-electron chi connectivity index (χ0n) is 18.9. The third kappa shape index (κ3) is 4.59. The van der Waals surface area contributed by atoms with Crippen LogP contribution in [0.4, 0.5) is 11.8 Å². The van der Waals surface area contributed by atoms with Crippen LogP contribution in [0.15, 0.2) is 59.5 Å². The van der Waals surface area contributed by atoms with Gasteiger partial charge in [-0.1, -0.05) is 29.4 Å². The maximum Gasteiger partial charge on any atom is 0.259 e. The van der Waals surface area contributed by atoms with Gasteiger partial charge in [-0.2, -0.15) is 4.98 Å². The summed E-state index contributed by atoms with van der Waals surface area (Å²) in [5.74, 6) is 2.11. The third-order valence-corrected chi connectivity index (χ3v) is 5.11. The van der Waals surface area contributed by atoms with Gasteiger partial charge in [0.15, 0.2) is 5.82 Å². The van der Waals surface area contributed by atoms with E-state index in [0.29, 0.717) is 11.7 Å². The van der Waals surface area contributed by atoms with Crippen LogP contribution in [0.2, 0.25) is 0 Å². The molecule has 0 fully saturated rings. The zero-order chi connectivity index (χ0) is 22.9. The Hall–Kier alpha value is -3.81. The van der Waals surface area contributed by atoms with Gasteiger partial charge in [0.1, 0.15) is 5.82 Å². The van der Waals surface area contributed by atoms with Crippen LogP contribution in [-0.2, 0) is 5.41 Å². The maximum atomic E-state index is 5.57. The number of pyridine rings is 1. The lowest BCUT2D eigenvalue weighted by Crippen LogP contribution is -2.26. The van der Waals surface area contributed by atoms with Gasteiger partial charge in [0.05, 0.1) is 11.0 Å². The monoisotopic (exact) mass is 429 g/mol. The van der Waals surface area contributed by atoms with Crippen LogP contribution in [0.25, 0.3) is 22.6 Å². The van der Waals surface area contributed by atoms with Gasteiger partial charge in [-0.05, 0) is 57.9 Å². The van der Waals surface area contributed by atoms with Gasteiger partial charge >= 0.3 is 0 Å². The predicted octanol–water partition coefficient (Wildman–Crippen LogP) is 4.71. The lowest BCUT2D eigenvalue weighted by Gasteiger charge is -2.21. The Morgan fingerprint density at radius 3 is 2.00 bits per heavy atom. The highest BCUT2D eigenvalue weighted by molar-refractivity contribution is 5.62. The minimum Gasteiger partial charge on any atom is -0.368 e. The normalized spacial score (nSPS) is 12.0. The molecule has 8 heteroatoms. The number of nitrogens with one attached hydrogen (secondary N) is 1. The highest BCUT2D eigenvalue weighted by atomic mass is 16.5. The lowest BCUT2D eigenvalue weighted by atomic mass is 9.83. The minimum absolute atomic E-state index is 0.0629. The van der Waals surface area contributed by atoms with E-state index in [9.17, 15) is 0 Å². The smallest absolute Gasteiger partial charge is 0.259 e. The molecule has 4 rings (SSSR count). The van der Waals surface area contributed by atoms with Crippen LogP contribution in [0.3, 0.4) is 0 Å². The number of rotatable bonds is 5. The number of nitrogen functional groups attached to an aromatic ring is 1. The summed E-state index contributed by atoms with van der Waals surface area (Å²) in [6, 6.07) is 12.0. The first-order valence-corrected chi connectivity index (χ1v) is 10.4. The van der Waals surface area contributed by atoms with Crippen molar-refractivity contribution in [3.63, 3.8) is 0 Å². The summed E-state index contributed by atoms with van der Waals surface area (Å²) in [5.41, 5.74) is 8.82. The number of anilines is 2. The van der Waals surface area contributed by atoms with Gasteiger partial charge in [-0.3, -0.25) is 0 Å². The van der Waals surface area contributed by atoms with Crippen molar-refractivity contribution in [1.29, 1.82) is 0 Å². The molecule has 0 aliphatic heterocycles. The molecule has 0 unspecified atom stereocenters. The van der Waals surface area contributed by atoms with E-state index >= 15 is 0 Å². The van der Waals surface area contributed by atoms with Crippen molar-refractivity contribution in [2.24, 2.45) is 0 Å². The highest BCUT2D eigenvalue weighted by Gasteiger charge is 2.29. The third-order valence-electron chi connectivity index (χ3n) is 5.11. The van der Waals surface area contributed by atoms with Crippen LogP contribution >= 0.6 is 0 Å². The molecule has 164 valence electrons. The molecule has 8 nitrogen and oxygen atoms in total. The fraction of sp³-hybridized carbons (Fsp3) is 0.292. The van der Waals surface area contributed by atoms with Crippen molar-refractivity contribution in [3.05, 3.63) is 66.4 Å². The first-order chi connectivity index (χ1) is 15.1. The molecule has 4 aromatic rings. The Morgan fingerprint density at radius 1 is 0.781 bits per heavy atom. The van der Waals surface area contributed by atoms with E-state index in [1.165, 1.54) is 0 Å². The van der Waals surface area contributed by atoms with Gasteiger partial charge in [0.2, 0.25) is 5.95 Å². The van der Waals surface area contributed by atoms with Gasteiger partial charge < -0.3 is 15.6 Å². The number of benzene rings is 1. The summed E-state index contributed by atoms with van der Waals surface area (Å²) in [7, 11) is 0. The van der Waals surface area contributed by atoms with Crippen molar-refractivity contribution in [3.8, 4) is 22.6 Å². The SMILES string of the molecule is CC(C)(C)Nc1ccc(-c2nc(C(C)(C)c3ccc(-c4cnc(N)nc4)cc3)no2)cn1. The first-order valence-electron chi connectivity index (χ1n) is 10.4. The Kier molecular flexibility index (Phi) is 5.38. The standard InChI is InChI=1S/C24H27N7O/c1-23(2,3)30-19-11-8-16(12-26-19)20-29-21(31-32-20)24(4,5)18-9-6-15(7-10-18)17-13-27-22(25)28-14-17/h6-14H,1-5H3,(H,26,30)(H2,25,27,28). The molecule has 0 atom stereocenters. The number of nitrogens with zero attached hydrogens (tertiary/aromatic N) is 5. The Bertz CT molecular complexity index is 1190. The van der Waals surface area contributed by atoms with Gasteiger partial charge in [0.25, 0.3) is 5.89 Å². The molecule has 0 spiro atoms. The van der Waals surface area contributed by atoms with Crippen molar-refractivity contribution in [1.82, 2.24) is 25.1 Å². The molecule has 0 amide bonds. The molecular formula is C24H27N7O. The summed E-state index contributed by atoms with van der Waals surface area (Å²) < 4.78 is 5.55. The Morgan fingerprint density at radius 2 is 1.41 bits per heavy atom. The number of nitrogens with two attached hydrogens (primary N) is 1. The van der Waals surface area contributed by atoms with E-state index in [0.717, 1.165) is 28.1 Å². The van der Waals surface area contributed by atoms with Crippen molar-refractivity contribution in [2.45, 2.75) is 45.6 Å². The molecule has 0 saturated heterocycles. The van der Waals surface area contributed by atoms with E-state index in [1.807, 2.05) is 24.3 Å². The zero-order valence-corrected chi connectivity index (χ0v) is 18.9. The van der Waals surface area contributed by atoms with E-state index in [1.54, 1.807) is 18.6 Å². The van der Waals surface area contributed by atoms with Gasteiger partial charge in [0, 0.05) is 29.7 Å². The number of hydrogen-bond acceptors (Lipinski definition) is 8. The molecule has 3 N–H and O–H groups in total.